The predicted molar refractivity (Wildman–Crippen MR) is 55.5 cm³/mol. The molecule has 1 heterocycles. The molecule has 0 saturated carbocycles. The molecule has 0 unspecified atom stereocenters. The van der Waals surface area contributed by atoms with Gasteiger partial charge >= 0.3 is 5.97 Å². The highest BCUT2D eigenvalue weighted by Crippen LogP contribution is 2.11. The molecule has 0 aromatic carbocycles. The number of epoxide rings is 1. The molecule has 0 bridgehead atoms. The van der Waals surface area contributed by atoms with Crippen LogP contribution >= 0.6 is 0 Å². The molecule has 1 aliphatic rings. The van der Waals surface area contributed by atoms with Crippen molar-refractivity contribution >= 4 is 5.97 Å². The Labute approximate surface area is 95.3 Å². The molecule has 90 valence electrons. The second-order valence-corrected chi connectivity index (χ2v) is 3.61. The fraction of sp³-hybridized carbons (Fsp3) is 0.818. The third kappa shape index (κ3) is 5.10. The topological polar surface area (TPSA) is 71.9 Å². The van der Waals surface area contributed by atoms with E-state index >= 15 is 0 Å². The Balaban J connectivity index is 2.03. The number of ether oxygens (including phenoxy) is 3. The van der Waals surface area contributed by atoms with Crippen LogP contribution in [0.3, 0.4) is 0 Å². The summed E-state index contributed by atoms with van der Waals surface area (Å²) in [5.74, 6) is -1.10. The lowest BCUT2D eigenvalue weighted by molar-refractivity contribution is -0.146. The van der Waals surface area contributed by atoms with Crippen LogP contribution in [-0.4, -0.2) is 38.5 Å². The molecular formula is C11H17NO4. The van der Waals surface area contributed by atoms with Crippen molar-refractivity contribution in [2.24, 2.45) is 5.92 Å². The second kappa shape index (κ2) is 7.20. The third-order valence-electron chi connectivity index (χ3n) is 2.21. The Hall–Kier alpha value is -1.12. The molecule has 0 spiro atoms. The van der Waals surface area contributed by atoms with Crippen molar-refractivity contribution in [3.05, 3.63) is 0 Å². The fourth-order valence-electron chi connectivity index (χ4n) is 1.25. The quantitative estimate of drug-likeness (QED) is 0.350. The summed E-state index contributed by atoms with van der Waals surface area (Å²) in [6.45, 7) is 3.98. The second-order valence-electron chi connectivity index (χ2n) is 3.61. The van der Waals surface area contributed by atoms with E-state index in [-0.39, 0.29) is 6.10 Å². The molecule has 0 radical (unpaired) electrons. The molecule has 2 atom stereocenters. The van der Waals surface area contributed by atoms with Crippen molar-refractivity contribution in [2.75, 3.05) is 26.4 Å². The van der Waals surface area contributed by atoms with Crippen molar-refractivity contribution in [3.8, 4) is 6.07 Å². The van der Waals surface area contributed by atoms with Gasteiger partial charge in [0.15, 0.2) is 0 Å². The minimum atomic E-state index is -0.666. The van der Waals surface area contributed by atoms with Gasteiger partial charge in [-0.3, -0.25) is 4.79 Å². The first-order valence-corrected chi connectivity index (χ1v) is 5.53. The molecule has 1 aliphatic heterocycles. The van der Waals surface area contributed by atoms with Gasteiger partial charge in [0.2, 0.25) is 0 Å². The Bertz CT molecular complexity index is 257. The maximum absolute atomic E-state index is 11.3. The minimum Gasteiger partial charge on any atom is -0.465 e. The van der Waals surface area contributed by atoms with E-state index in [0.717, 1.165) is 6.61 Å². The van der Waals surface area contributed by atoms with Gasteiger partial charge in [0.1, 0.15) is 12.0 Å². The van der Waals surface area contributed by atoms with Gasteiger partial charge in [0.25, 0.3) is 0 Å². The van der Waals surface area contributed by atoms with Crippen molar-refractivity contribution < 1.29 is 19.0 Å². The third-order valence-corrected chi connectivity index (χ3v) is 2.21. The van der Waals surface area contributed by atoms with Gasteiger partial charge in [0.05, 0.1) is 25.9 Å². The Morgan fingerprint density at radius 3 is 3.00 bits per heavy atom. The van der Waals surface area contributed by atoms with Crippen LogP contribution in [0.4, 0.5) is 0 Å². The maximum Gasteiger partial charge on any atom is 0.323 e. The van der Waals surface area contributed by atoms with Crippen LogP contribution < -0.4 is 0 Å². The zero-order valence-corrected chi connectivity index (χ0v) is 9.48. The van der Waals surface area contributed by atoms with Crippen LogP contribution in [0.15, 0.2) is 0 Å². The lowest BCUT2D eigenvalue weighted by Gasteiger charge is -2.07. The van der Waals surface area contributed by atoms with Gasteiger partial charge in [0, 0.05) is 6.61 Å². The Morgan fingerprint density at radius 1 is 1.69 bits per heavy atom. The summed E-state index contributed by atoms with van der Waals surface area (Å²) < 4.78 is 15.1. The summed E-state index contributed by atoms with van der Waals surface area (Å²) >= 11 is 0. The monoisotopic (exact) mass is 227 g/mol. The number of nitrogens with zero attached hydrogens (tertiary/aromatic N) is 1. The number of hydrogen-bond donors (Lipinski definition) is 0. The minimum absolute atomic E-state index is 0.261. The van der Waals surface area contributed by atoms with Crippen LogP contribution in [0.2, 0.25) is 0 Å². The lowest BCUT2D eigenvalue weighted by atomic mass is 10.1. The highest BCUT2D eigenvalue weighted by atomic mass is 16.6. The zero-order chi connectivity index (χ0) is 11.8. The van der Waals surface area contributed by atoms with E-state index in [9.17, 15) is 4.79 Å². The van der Waals surface area contributed by atoms with E-state index in [1.165, 1.54) is 0 Å². The number of hydrogen-bond acceptors (Lipinski definition) is 5. The molecule has 16 heavy (non-hydrogen) atoms. The van der Waals surface area contributed by atoms with Crippen LogP contribution in [0.1, 0.15) is 19.8 Å². The fourth-order valence-corrected chi connectivity index (χ4v) is 1.25. The van der Waals surface area contributed by atoms with Gasteiger partial charge in [-0.15, -0.1) is 0 Å². The molecule has 0 aliphatic carbocycles. The van der Waals surface area contributed by atoms with E-state index in [0.29, 0.717) is 32.7 Å². The van der Waals surface area contributed by atoms with Gasteiger partial charge in [-0.1, -0.05) is 0 Å². The summed E-state index contributed by atoms with van der Waals surface area (Å²) in [5, 5.41) is 8.77. The first-order valence-electron chi connectivity index (χ1n) is 5.53. The van der Waals surface area contributed by atoms with Crippen molar-refractivity contribution in [3.63, 3.8) is 0 Å². The first-order chi connectivity index (χ1) is 7.77. The van der Waals surface area contributed by atoms with Gasteiger partial charge in [-0.25, -0.2) is 0 Å². The number of carbonyl (C=O) groups is 1. The SMILES string of the molecule is CCOC(=O)[C@@H](C#N)CCCOC[C@@H]1CO1. The number of nitriles is 1. The Kier molecular flexibility index (Phi) is 5.83. The summed E-state index contributed by atoms with van der Waals surface area (Å²) in [6, 6.07) is 1.94. The van der Waals surface area contributed by atoms with E-state index in [1.807, 2.05) is 6.07 Å². The molecule has 0 amide bonds. The molecule has 1 rings (SSSR count). The highest BCUT2D eigenvalue weighted by molar-refractivity contribution is 5.75. The average Bonchev–Trinajstić information content (AvgIpc) is 3.07. The zero-order valence-electron chi connectivity index (χ0n) is 9.48. The molecule has 0 aromatic heterocycles. The molecule has 1 saturated heterocycles. The van der Waals surface area contributed by atoms with E-state index in [1.54, 1.807) is 6.92 Å². The van der Waals surface area contributed by atoms with Gasteiger partial charge in [-0.05, 0) is 19.8 Å². The molecule has 1 fully saturated rings. The molecule has 5 nitrogen and oxygen atoms in total. The van der Waals surface area contributed by atoms with E-state index in [4.69, 9.17) is 19.5 Å². The lowest BCUT2D eigenvalue weighted by Crippen LogP contribution is -2.17. The van der Waals surface area contributed by atoms with Crippen molar-refractivity contribution in [2.45, 2.75) is 25.9 Å². The van der Waals surface area contributed by atoms with Gasteiger partial charge < -0.3 is 14.2 Å². The number of carbonyl (C=O) groups excluding carboxylic acids is 1. The Morgan fingerprint density at radius 2 is 2.44 bits per heavy atom. The largest absolute Gasteiger partial charge is 0.465 e. The molecule has 0 aromatic rings. The number of rotatable bonds is 8. The normalized spacial score (nSPS) is 19.9. The first kappa shape index (κ1) is 12.9. The van der Waals surface area contributed by atoms with Crippen LogP contribution in [-0.2, 0) is 19.0 Å². The number of esters is 1. The maximum atomic E-state index is 11.3. The average molecular weight is 227 g/mol. The van der Waals surface area contributed by atoms with Crippen molar-refractivity contribution in [1.82, 2.24) is 0 Å². The standard InChI is InChI=1S/C11H17NO4/c1-2-15-11(13)9(6-12)4-3-5-14-7-10-8-16-10/h9-10H,2-5,7-8H2,1H3/t9-,10-/m1/s1. The van der Waals surface area contributed by atoms with Crippen molar-refractivity contribution in [1.29, 1.82) is 5.26 Å². The summed E-state index contributed by atoms with van der Waals surface area (Å²) in [6.07, 6.45) is 1.43. The molecule has 5 heteroatoms. The van der Waals surface area contributed by atoms with Crippen LogP contribution in [0.25, 0.3) is 0 Å². The van der Waals surface area contributed by atoms with Crippen LogP contribution in [0, 0.1) is 17.2 Å². The van der Waals surface area contributed by atoms with E-state index < -0.39 is 11.9 Å². The summed E-state index contributed by atoms with van der Waals surface area (Å²) in [4.78, 5) is 11.3. The highest BCUT2D eigenvalue weighted by Gasteiger charge is 2.22. The predicted octanol–water partition coefficient (Wildman–Crippen LogP) is 0.885. The van der Waals surface area contributed by atoms with Crippen LogP contribution in [0.5, 0.6) is 0 Å². The van der Waals surface area contributed by atoms with E-state index in [2.05, 4.69) is 0 Å². The van der Waals surface area contributed by atoms with Gasteiger partial charge in [-0.2, -0.15) is 5.26 Å². The molecular weight excluding hydrogens is 210 g/mol. The summed E-state index contributed by atoms with van der Waals surface area (Å²) in [7, 11) is 0. The molecule has 0 N–H and O–H groups in total. The summed E-state index contributed by atoms with van der Waals surface area (Å²) in [5.41, 5.74) is 0. The smallest absolute Gasteiger partial charge is 0.323 e.